The second-order valence-corrected chi connectivity index (χ2v) is 9.50. The Morgan fingerprint density at radius 3 is 2.27 bits per heavy atom. The topological polar surface area (TPSA) is 151 Å². The summed E-state index contributed by atoms with van der Waals surface area (Å²) in [5.41, 5.74) is -1.74. The fourth-order valence-corrected chi connectivity index (χ4v) is 4.32. The van der Waals surface area contributed by atoms with E-state index in [1.54, 1.807) is 30.3 Å². The van der Waals surface area contributed by atoms with Crippen molar-refractivity contribution in [1.82, 2.24) is 4.90 Å². The molecule has 33 heavy (non-hydrogen) atoms. The van der Waals surface area contributed by atoms with Crippen LogP contribution in [0.15, 0.2) is 30.3 Å². The number of piperidine rings is 1. The first-order valence-electron chi connectivity index (χ1n) is 10.7. The number of likely N-dealkylation sites (tertiary alicyclic amines) is 1. The van der Waals surface area contributed by atoms with Crippen molar-refractivity contribution in [3.05, 3.63) is 35.9 Å². The third-order valence-electron chi connectivity index (χ3n) is 6.11. The van der Waals surface area contributed by atoms with Crippen molar-refractivity contribution in [3.63, 3.8) is 0 Å². The molecule has 2 atom stereocenters. The Hall–Kier alpha value is -1.91. The summed E-state index contributed by atoms with van der Waals surface area (Å²) in [6.45, 7) is 1.78. The molecule has 9 nitrogen and oxygen atoms in total. The molecule has 12 heteroatoms. The summed E-state index contributed by atoms with van der Waals surface area (Å²) in [5, 5.41) is 18.5. The van der Waals surface area contributed by atoms with Crippen LogP contribution in [0, 0.1) is 17.2 Å². The number of hydrogen-bond donors (Lipinski definition) is 5. The molecule has 1 heterocycles. The highest BCUT2D eigenvalue weighted by Crippen LogP contribution is 2.48. The number of nitrogens with one attached hydrogen (secondary N) is 1. The Bertz CT molecular complexity index is 823. The Kier molecular flexibility index (Phi) is 9.51. The summed E-state index contributed by atoms with van der Waals surface area (Å²) in [4.78, 5) is 36.4. The van der Waals surface area contributed by atoms with Crippen LogP contribution < -0.4 is 0 Å². The number of carbonyl (C=O) groups is 1. The van der Waals surface area contributed by atoms with E-state index in [2.05, 4.69) is 0 Å². The van der Waals surface area contributed by atoms with E-state index in [0.29, 0.717) is 17.9 Å². The van der Waals surface area contributed by atoms with E-state index in [-0.39, 0.29) is 19.4 Å². The summed E-state index contributed by atoms with van der Waals surface area (Å²) in [6.07, 6.45) is 3.09. The Balaban J connectivity index is 0.000000696. The molecule has 0 spiro atoms. The minimum absolute atomic E-state index is 0.0789. The Labute approximate surface area is 191 Å². The van der Waals surface area contributed by atoms with Gasteiger partial charge in [0.2, 0.25) is 5.92 Å². The molecule has 1 saturated heterocycles. The van der Waals surface area contributed by atoms with Crippen molar-refractivity contribution in [2.24, 2.45) is 11.8 Å². The Morgan fingerprint density at radius 2 is 1.79 bits per heavy atom. The van der Waals surface area contributed by atoms with Gasteiger partial charge in [0.15, 0.2) is 5.60 Å². The molecule has 2 fully saturated rings. The second kappa shape index (κ2) is 11.5. The fourth-order valence-electron chi connectivity index (χ4n) is 4.32. The van der Waals surface area contributed by atoms with Crippen LogP contribution in [-0.4, -0.2) is 62.6 Å². The van der Waals surface area contributed by atoms with Crippen LogP contribution in [0.2, 0.25) is 0 Å². The number of phosphoric acid groups is 1. The normalized spacial score (nSPS) is 22.6. The van der Waals surface area contributed by atoms with Crippen molar-refractivity contribution in [3.8, 4) is 0 Å². The second-order valence-electron chi connectivity index (χ2n) is 8.47. The van der Waals surface area contributed by atoms with Crippen LogP contribution in [0.4, 0.5) is 8.78 Å². The first kappa shape index (κ1) is 27.3. The largest absolute Gasteiger partial charge is 0.466 e. The molecule has 0 aromatic heterocycles. The van der Waals surface area contributed by atoms with Gasteiger partial charge in [-0.15, -0.1) is 0 Å². The van der Waals surface area contributed by atoms with Crippen molar-refractivity contribution < 1.29 is 42.7 Å². The zero-order valence-electron chi connectivity index (χ0n) is 18.1. The molecular weight excluding hydrogens is 461 g/mol. The van der Waals surface area contributed by atoms with Crippen LogP contribution >= 0.6 is 7.82 Å². The minimum atomic E-state index is -4.64. The highest BCUT2D eigenvalue weighted by atomic mass is 31.2. The monoisotopic (exact) mass is 492 g/mol. The van der Waals surface area contributed by atoms with E-state index in [0.717, 1.165) is 25.9 Å². The number of hydrogen-bond acceptors (Lipinski definition) is 5. The molecule has 1 saturated carbocycles. The smallest absolute Gasteiger partial charge is 0.463 e. The lowest BCUT2D eigenvalue weighted by Gasteiger charge is -2.33. The summed E-state index contributed by atoms with van der Waals surface area (Å²) in [7, 11) is -4.64. The molecule has 1 aromatic carbocycles. The molecule has 0 amide bonds. The van der Waals surface area contributed by atoms with Gasteiger partial charge in [0, 0.05) is 31.8 Å². The van der Waals surface area contributed by atoms with Gasteiger partial charge >= 0.3 is 13.8 Å². The van der Waals surface area contributed by atoms with E-state index < -0.39 is 37.7 Å². The third-order valence-corrected chi connectivity index (χ3v) is 6.11. The predicted octanol–water partition coefficient (Wildman–Crippen LogP) is 2.63. The number of rotatable bonds is 7. The quantitative estimate of drug-likeness (QED) is 0.169. The van der Waals surface area contributed by atoms with Crippen molar-refractivity contribution in [1.29, 1.82) is 5.41 Å². The van der Waals surface area contributed by atoms with Crippen molar-refractivity contribution in [2.75, 3.05) is 19.7 Å². The molecule has 186 valence electrons. The number of benzene rings is 1. The highest BCUT2D eigenvalue weighted by molar-refractivity contribution is 7.45. The van der Waals surface area contributed by atoms with Gasteiger partial charge in [-0.25, -0.2) is 18.1 Å². The predicted molar refractivity (Wildman–Crippen MR) is 116 cm³/mol. The fraction of sp³-hybridized carbons (Fsp3) is 0.619. The molecule has 1 aromatic rings. The van der Waals surface area contributed by atoms with Crippen LogP contribution in [0.5, 0.6) is 0 Å². The average Bonchev–Trinajstić information content (AvgIpc) is 3.13. The Morgan fingerprint density at radius 1 is 1.21 bits per heavy atom. The zero-order valence-corrected chi connectivity index (χ0v) is 19.0. The number of nitrogens with zero attached hydrogens (tertiary/aromatic N) is 1. The maximum Gasteiger partial charge on any atom is 0.466 e. The van der Waals surface area contributed by atoms with E-state index in [1.807, 2.05) is 4.90 Å². The van der Waals surface area contributed by atoms with Gasteiger partial charge < -0.3 is 29.4 Å². The lowest BCUT2D eigenvalue weighted by molar-refractivity contribution is -0.175. The van der Waals surface area contributed by atoms with Gasteiger partial charge in [0.05, 0.1) is 12.9 Å². The number of esters is 1. The number of carbonyl (C=O) groups excluding carboxylic acids is 1. The van der Waals surface area contributed by atoms with Crippen LogP contribution in [0.3, 0.4) is 0 Å². The third kappa shape index (κ3) is 8.42. The summed E-state index contributed by atoms with van der Waals surface area (Å²) in [6, 6.07) is 8.28. The first-order chi connectivity index (χ1) is 15.3. The molecular formula is C21H31F2N2O7P. The standard InChI is InChI=1S/C21H28F2N2O3.H3O4P/c22-20(23)10-6-18(14-20)21(27,17-4-2-1-3-5-17)19(26)28-13-9-16-7-11-25(15-24)12-8-16;1-5(2,3)4/h1-5,15-16,18,24,27H,6-14H2;(H3,1,2,3,4)/t18-,21+;/m1./s1. The SMILES string of the molecule is N=CN1CCC(CCOC(=O)[C@](O)(c2ccccc2)[C@@H]2CCC(F)(F)C2)CC1.O=P(O)(O)O. The molecule has 2 aliphatic rings. The van der Waals surface area contributed by atoms with Crippen molar-refractivity contribution >= 4 is 20.1 Å². The zero-order chi connectivity index (χ0) is 24.7. The van der Waals surface area contributed by atoms with Gasteiger partial charge in [-0.05, 0) is 37.2 Å². The number of alkyl halides is 2. The van der Waals surface area contributed by atoms with Crippen LogP contribution in [-0.2, 0) is 19.7 Å². The van der Waals surface area contributed by atoms with Crippen LogP contribution in [0.25, 0.3) is 0 Å². The maximum atomic E-state index is 13.8. The van der Waals surface area contributed by atoms with E-state index >= 15 is 0 Å². The maximum absolute atomic E-state index is 13.8. The van der Waals surface area contributed by atoms with E-state index in [1.165, 1.54) is 6.34 Å². The van der Waals surface area contributed by atoms with Gasteiger partial charge in [-0.3, -0.25) is 5.41 Å². The summed E-state index contributed by atoms with van der Waals surface area (Å²) < 4.78 is 41.8. The molecule has 0 bridgehead atoms. The minimum Gasteiger partial charge on any atom is -0.463 e. The molecule has 0 unspecified atom stereocenters. The van der Waals surface area contributed by atoms with Crippen molar-refractivity contribution in [2.45, 2.75) is 50.0 Å². The highest BCUT2D eigenvalue weighted by Gasteiger charge is 2.54. The summed E-state index contributed by atoms with van der Waals surface area (Å²) in [5.74, 6) is -4.17. The van der Waals surface area contributed by atoms with Gasteiger partial charge in [-0.1, -0.05) is 30.3 Å². The number of aliphatic hydroxyl groups is 1. The van der Waals surface area contributed by atoms with Gasteiger partial charge in [0.1, 0.15) is 0 Å². The molecule has 1 aliphatic carbocycles. The molecule has 5 N–H and O–H groups in total. The molecule has 3 rings (SSSR count). The lowest BCUT2D eigenvalue weighted by Crippen LogP contribution is -2.44. The lowest BCUT2D eigenvalue weighted by atomic mass is 9.80. The first-order valence-corrected chi connectivity index (χ1v) is 12.3. The van der Waals surface area contributed by atoms with E-state index in [9.17, 15) is 18.7 Å². The van der Waals surface area contributed by atoms with Crippen LogP contribution in [0.1, 0.15) is 44.1 Å². The van der Waals surface area contributed by atoms with Gasteiger partial charge in [-0.2, -0.15) is 0 Å². The average molecular weight is 492 g/mol. The molecule has 1 aliphatic heterocycles. The summed E-state index contributed by atoms with van der Waals surface area (Å²) >= 11 is 0. The number of halogens is 2. The number of ether oxygens (including phenoxy) is 1. The molecule has 0 radical (unpaired) electrons. The van der Waals surface area contributed by atoms with Gasteiger partial charge in [0.25, 0.3) is 0 Å². The van der Waals surface area contributed by atoms with E-state index in [4.69, 9.17) is 29.4 Å².